The highest BCUT2D eigenvalue weighted by molar-refractivity contribution is 6.13. The molecule has 0 spiro atoms. The summed E-state index contributed by atoms with van der Waals surface area (Å²) in [6.45, 7) is 0.697. The lowest BCUT2D eigenvalue weighted by molar-refractivity contribution is -0.119. The highest BCUT2D eigenvalue weighted by Gasteiger charge is 2.15. The Hall–Kier alpha value is -3.86. The molecule has 0 bridgehead atoms. The number of aromatic nitrogens is 1. The van der Waals surface area contributed by atoms with Gasteiger partial charge in [-0.05, 0) is 29.3 Å². The van der Waals surface area contributed by atoms with Gasteiger partial charge < -0.3 is 15.2 Å². The summed E-state index contributed by atoms with van der Waals surface area (Å²) >= 11 is 0. The molecule has 2 amide bonds. The maximum Gasteiger partial charge on any atom is 0.257 e. The molecule has 5 heteroatoms. The van der Waals surface area contributed by atoms with Crippen molar-refractivity contribution in [3.8, 4) is 0 Å². The number of fused-ring (bicyclic) bond motifs is 1. The normalized spacial score (nSPS) is 10.7. The average Bonchev–Trinajstić information content (AvgIpc) is 3.14. The SMILES string of the molecule is CNC(=O)Cc1ccc(NC(=O)c2cn(Cc3ccccc3)c3ccccc23)cc1. The van der Waals surface area contributed by atoms with Gasteiger partial charge in [0.05, 0.1) is 12.0 Å². The van der Waals surface area contributed by atoms with E-state index in [2.05, 4.69) is 27.3 Å². The molecule has 0 saturated carbocycles. The number of para-hydroxylation sites is 1. The molecule has 0 fully saturated rings. The number of amides is 2. The van der Waals surface area contributed by atoms with E-state index in [4.69, 9.17) is 0 Å². The van der Waals surface area contributed by atoms with Gasteiger partial charge in [-0.25, -0.2) is 0 Å². The molecule has 0 aliphatic rings. The third-order valence-electron chi connectivity index (χ3n) is 5.08. The van der Waals surface area contributed by atoms with Crippen molar-refractivity contribution in [2.24, 2.45) is 0 Å². The topological polar surface area (TPSA) is 63.1 Å². The van der Waals surface area contributed by atoms with Gasteiger partial charge in [0.15, 0.2) is 0 Å². The van der Waals surface area contributed by atoms with Crippen molar-refractivity contribution >= 4 is 28.4 Å². The van der Waals surface area contributed by atoms with Crippen molar-refractivity contribution in [1.29, 1.82) is 0 Å². The van der Waals surface area contributed by atoms with Crippen LogP contribution in [0, 0.1) is 0 Å². The van der Waals surface area contributed by atoms with Crippen LogP contribution >= 0.6 is 0 Å². The van der Waals surface area contributed by atoms with Crippen LogP contribution in [-0.2, 0) is 17.8 Å². The van der Waals surface area contributed by atoms with Crippen molar-refractivity contribution in [1.82, 2.24) is 9.88 Å². The molecule has 0 radical (unpaired) electrons. The first-order chi connectivity index (χ1) is 14.6. The monoisotopic (exact) mass is 397 g/mol. The van der Waals surface area contributed by atoms with Gasteiger partial charge in [-0.15, -0.1) is 0 Å². The second-order valence-corrected chi connectivity index (χ2v) is 7.17. The lowest BCUT2D eigenvalue weighted by atomic mass is 10.1. The number of carbonyl (C=O) groups excluding carboxylic acids is 2. The standard InChI is InChI=1S/C25H23N3O2/c1-26-24(29)15-18-11-13-20(14-12-18)27-25(30)22-17-28(16-19-7-3-2-4-8-19)23-10-6-5-9-21(22)23/h2-14,17H,15-16H2,1H3,(H,26,29)(H,27,30). The molecule has 0 aliphatic heterocycles. The molecule has 0 aliphatic carbocycles. The number of benzene rings is 3. The van der Waals surface area contributed by atoms with Crippen LogP contribution in [-0.4, -0.2) is 23.4 Å². The molecule has 0 unspecified atom stereocenters. The van der Waals surface area contributed by atoms with Crippen molar-refractivity contribution in [3.05, 3.63) is 102 Å². The zero-order chi connectivity index (χ0) is 20.9. The Balaban J connectivity index is 1.57. The summed E-state index contributed by atoms with van der Waals surface area (Å²) in [6.07, 6.45) is 2.23. The molecular formula is C25H23N3O2. The van der Waals surface area contributed by atoms with E-state index in [0.717, 1.165) is 16.5 Å². The summed E-state index contributed by atoms with van der Waals surface area (Å²) in [6, 6.07) is 25.5. The highest BCUT2D eigenvalue weighted by Crippen LogP contribution is 2.24. The minimum Gasteiger partial charge on any atom is -0.359 e. The number of carbonyl (C=O) groups is 2. The van der Waals surface area contributed by atoms with E-state index in [1.165, 1.54) is 5.56 Å². The van der Waals surface area contributed by atoms with E-state index >= 15 is 0 Å². The summed E-state index contributed by atoms with van der Waals surface area (Å²) in [5.41, 5.74) is 4.42. The van der Waals surface area contributed by atoms with Crippen LogP contribution in [0.3, 0.4) is 0 Å². The van der Waals surface area contributed by atoms with Gasteiger partial charge in [0.2, 0.25) is 5.91 Å². The first-order valence-electron chi connectivity index (χ1n) is 9.87. The van der Waals surface area contributed by atoms with Crippen LogP contribution in [0.4, 0.5) is 5.69 Å². The third-order valence-corrected chi connectivity index (χ3v) is 5.08. The second kappa shape index (κ2) is 8.66. The number of anilines is 1. The van der Waals surface area contributed by atoms with E-state index in [-0.39, 0.29) is 11.8 Å². The van der Waals surface area contributed by atoms with Crippen LogP contribution in [0.5, 0.6) is 0 Å². The molecule has 3 aromatic carbocycles. The summed E-state index contributed by atoms with van der Waals surface area (Å²) < 4.78 is 2.10. The molecule has 150 valence electrons. The van der Waals surface area contributed by atoms with Crippen molar-refractivity contribution in [2.75, 3.05) is 12.4 Å². The van der Waals surface area contributed by atoms with Crippen LogP contribution < -0.4 is 10.6 Å². The summed E-state index contributed by atoms with van der Waals surface area (Å²) in [7, 11) is 1.62. The van der Waals surface area contributed by atoms with Crippen LogP contribution in [0.25, 0.3) is 10.9 Å². The van der Waals surface area contributed by atoms with Gasteiger partial charge in [0, 0.05) is 36.4 Å². The van der Waals surface area contributed by atoms with Gasteiger partial charge in [-0.2, -0.15) is 0 Å². The zero-order valence-electron chi connectivity index (χ0n) is 16.8. The predicted molar refractivity (Wildman–Crippen MR) is 120 cm³/mol. The Morgan fingerprint density at radius 1 is 0.833 bits per heavy atom. The number of likely N-dealkylation sites (N-methyl/N-ethyl adjacent to an activating group) is 1. The third kappa shape index (κ3) is 4.25. The van der Waals surface area contributed by atoms with E-state index in [9.17, 15) is 9.59 Å². The van der Waals surface area contributed by atoms with E-state index in [1.807, 2.05) is 72.9 Å². The fourth-order valence-electron chi connectivity index (χ4n) is 3.52. The lowest BCUT2D eigenvalue weighted by Gasteiger charge is -2.06. The second-order valence-electron chi connectivity index (χ2n) is 7.17. The van der Waals surface area contributed by atoms with Crippen LogP contribution in [0.1, 0.15) is 21.5 Å². The number of rotatable bonds is 6. The molecule has 30 heavy (non-hydrogen) atoms. The molecule has 4 aromatic rings. The Morgan fingerprint density at radius 3 is 2.27 bits per heavy atom. The predicted octanol–water partition coefficient (Wildman–Crippen LogP) is 4.23. The van der Waals surface area contributed by atoms with Gasteiger partial charge in [-0.1, -0.05) is 60.7 Å². The molecular weight excluding hydrogens is 374 g/mol. The number of nitrogens with one attached hydrogen (secondary N) is 2. The number of nitrogens with zero attached hydrogens (tertiary/aromatic N) is 1. The summed E-state index contributed by atoms with van der Waals surface area (Å²) in [4.78, 5) is 24.5. The quantitative estimate of drug-likeness (QED) is 0.511. The first kappa shape index (κ1) is 19.5. The van der Waals surface area contributed by atoms with Gasteiger partial charge >= 0.3 is 0 Å². The fraction of sp³-hybridized carbons (Fsp3) is 0.120. The number of hydrogen-bond donors (Lipinski definition) is 2. The Labute approximate surface area is 175 Å². The zero-order valence-corrected chi connectivity index (χ0v) is 16.8. The highest BCUT2D eigenvalue weighted by atomic mass is 16.2. The average molecular weight is 397 g/mol. The Bertz CT molecular complexity index is 1180. The van der Waals surface area contributed by atoms with Crippen LogP contribution in [0.15, 0.2) is 85.1 Å². The molecule has 5 nitrogen and oxygen atoms in total. The van der Waals surface area contributed by atoms with Crippen molar-refractivity contribution in [3.63, 3.8) is 0 Å². The van der Waals surface area contributed by atoms with Gasteiger partial charge in [0.25, 0.3) is 5.91 Å². The van der Waals surface area contributed by atoms with E-state index in [1.54, 1.807) is 7.05 Å². The molecule has 2 N–H and O–H groups in total. The minimum atomic E-state index is -0.155. The van der Waals surface area contributed by atoms with Crippen molar-refractivity contribution in [2.45, 2.75) is 13.0 Å². The smallest absolute Gasteiger partial charge is 0.257 e. The van der Waals surface area contributed by atoms with E-state index in [0.29, 0.717) is 24.2 Å². The van der Waals surface area contributed by atoms with Gasteiger partial charge in [-0.3, -0.25) is 9.59 Å². The largest absolute Gasteiger partial charge is 0.359 e. The molecule has 0 saturated heterocycles. The summed E-state index contributed by atoms with van der Waals surface area (Å²) in [5, 5.41) is 6.50. The van der Waals surface area contributed by atoms with Crippen molar-refractivity contribution < 1.29 is 9.59 Å². The Morgan fingerprint density at radius 2 is 1.53 bits per heavy atom. The lowest BCUT2D eigenvalue weighted by Crippen LogP contribution is -2.19. The fourth-order valence-corrected chi connectivity index (χ4v) is 3.52. The summed E-state index contributed by atoms with van der Waals surface area (Å²) in [5.74, 6) is -0.199. The molecule has 1 aromatic heterocycles. The maximum absolute atomic E-state index is 13.0. The van der Waals surface area contributed by atoms with Gasteiger partial charge in [0.1, 0.15) is 0 Å². The number of hydrogen-bond acceptors (Lipinski definition) is 2. The molecule has 0 atom stereocenters. The molecule has 1 heterocycles. The molecule has 4 rings (SSSR count). The first-order valence-corrected chi connectivity index (χ1v) is 9.87. The minimum absolute atomic E-state index is 0.0435. The maximum atomic E-state index is 13.0. The van der Waals surface area contributed by atoms with Crippen LogP contribution in [0.2, 0.25) is 0 Å². The Kier molecular flexibility index (Phi) is 5.61. The van der Waals surface area contributed by atoms with E-state index < -0.39 is 0 Å².